The smallest absolute Gasteiger partial charge is 0.224 e. The SMILES string of the molecule is CCCCCCC(=O)Nc1ccc2nc(N)ncc2c1. The lowest BCUT2D eigenvalue weighted by Crippen LogP contribution is -2.11. The third kappa shape index (κ3) is 3.91. The Morgan fingerprint density at radius 3 is 2.95 bits per heavy atom. The van der Waals surface area contributed by atoms with E-state index in [0.29, 0.717) is 6.42 Å². The summed E-state index contributed by atoms with van der Waals surface area (Å²) in [7, 11) is 0. The van der Waals surface area contributed by atoms with Crippen LogP contribution in [0.4, 0.5) is 11.6 Å². The lowest BCUT2D eigenvalue weighted by Gasteiger charge is -2.06. The second kappa shape index (κ2) is 6.84. The fraction of sp³-hybridized carbons (Fsp3) is 0.400. The Morgan fingerprint density at radius 2 is 2.15 bits per heavy atom. The summed E-state index contributed by atoms with van der Waals surface area (Å²) >= 11 is 0. The molecule has 0 atom stereocenters. The summed E-state index contributed by atoms with van der Waals surface area (Å²) in [6.45, 7) is 2.16. The molecule has 5 nitrogen and oxygen atoms in total. The number of unbranched alkanes of at least 4 members (excludes halogenated alkanes) is 3. The normalized spacial score (nSPS) is 10.7. The van der Waals surface area contributed by atoms with Crippen molar-refractivity contribution in [2.24, 2.45) is 0 Å². The lowest BCUT2D eigenvalue weighted by molar-refractivity contribution is -0.116. The lowest BCUT2D eigenvalue weighted by atomic mass is 10.1. The Kier molecular flexibility index (Phi) is 4.87. The van der Waals surface area contributed by atoms with Crippen LogP contribution in [0.15, 0.2) is 24.4 Å². The van der Waals surface area contributed by atoms with Crippen molar-refractivity contribution in [2.75, 3.05) is 11.1 Å². The number of carbonyl (C=O) groups excluding carboxylic acids is 1. The summed E-state index contributed by atoms with van der Waals surface area (Å²) in [4.78, 5) is 19.9. The second-order valence-electron chi connectivity index (χ2n) is 4.86. The third-order valence-corrected chi connectivity index (χ3v) is 3.14. The van der Waals surface area contributed by atoms with Crippen molar-refractivity contribution in [1.29, 1.82) is 0 Å². The standard InChI is InChI=1S/C15H20N4O/c1-2-3-4-5-6-14(20)18-12-7-8-13-11(9-12)10-17-15(16)19-13/h7-10H,2-6H2,1H3,(H,18,20)(H2,16,17,19). The predicted molar refractivity (Wildman–Crippen MR) is 81.3 cm³/mol. The molecule has 0 bridgehead atoms. The first-order valence-corrected chi connectivity index (χ1v) is 7.01. The quantitative estimate of drug-likeness (QED) is 0.792. The van der Waals surface area contributed by atoms with Gasteiger partial charge in [0.05, 0.1) is 5.52 Å². The van der Waals surface area contributed by atoms with E-state index in [1.165, 1.54) is 12.8 Å². The average molecular weight is 272 g/mol. The molecule has 5 heteroatoms. The summed E-state index contributed by atoms with van der Waals surface area (Å²) in [5.41, 5.74) is 7.08. The van der Waals surface area contributed by atoms with E-state index >= 15 is 0 Å². The number of nitrogen functional groups attached to an aromatic ring is 1. The molecular weight excluding hydrogens is 252 g/mol. The van der Waals surface area contributed by atoms with Gasteiger partial charge in [0.15, 0.2) is 0 Å². The number of carbonyl (C=O) groups is 1. The van der Waals surface area contributed by atoms with Gasteiger partial charge in [-0.1, -0.05) is 26.2 Å². The van der Waals surface area contributed by atoms with Crippen LogP contribution in [0.2, 0.25) is 0 Å². The molecule has 0 radical (unpaired) electrons. The van der Waals surface area contributed by atoms with Gasteiger partial charge in [-0.2, -0.15) is 0 Å². The monoisotopic (exact) mass is 272 g/mol. The van der Waals surface area contributed by atoms with E-state index < -0.39 is 0 Å². The Labute approximate surface area is 118 Å². The van der Waals surface area contributed by atoms with Crippen molar-refractivity contribution in [3.63, 3.8) is 0 Å². The minimum absolute atomic E-state index is 0.0526. The molecule has 20 heavy (non-hydrogen) atoms. The minimum Gasteiger partial charge on any atom is -0.368 e. The highest BCUT2D eigenvalue weighted by atomic mass is 16.1. The number of amides is 1. The first-order valence-electron chi connectivity index (χ1n) is 7.01. The van der Waals surface area contributed by atoms with Crippen LogP contribution in [0.5, 0.6) is 0 Å². The molecule has 1 aromatic heterocycles. The first kappa shape index (κ1) is 14.2. The van der Waals surface area contributed by atoms with Crippen LogP contribution >= 0.6 is 0 Å². The molecule has 0 aliphatic heterocycles. The number of nitrogens with two attached hydrogens (primary N) is 1. The molecule has 2 aromatic rings. The fourth-order valence-electron chi connectivity index (χ4n) is 2.06. The second-order valence-corrected chi connectivity index (χ2v) is 4.86. The summed E-state index contributed by atoms with van der Waals surface area (Å²) < 4.78 is 0. The third-order valence-electron chi connectivity index (χ3n) is 3.14. The van der Waals surface area contributed by atoms with Gasteiger partial charge in [-0.25, -0.2) is 9.97 Å². The first-order chi connectivity index (χ1) is 9.69. The highest BCUT2D eigenvalue weighted by Crippen LogP contribution is 2.18. The van der Waals surface area contributed by atoms with Gasteiger partial charge in [-0.3, -0.25) is 4.79 Å². The summed E-state index contributed by atoms with van der Waals surface area (Å²) in [5.74, 6) is 0.307. The van der Waals surface area contributed by atoms with Crippen molar-refractivity contribution in [2.45, 2.75) is 39.0 Å². The number of nitrogens with one attached hydrogen (secondary N) is 1. The molecular formula is C15H20N4O. The van der Waals surface area contributed by atoms with Gasteiger partial charge >= 0.3 is 0 Å². The molecule has 0 saturated carbocycles. The number of nitrogens with zero attached hydrogens (tertiary/aromatic N) is 2. The van der Waals surface area contributed by atoms with Crippen LogP contribution < -0.4 is 11.1 Å². The van der Waals surface area contributed by atoms with E-state index in [2.05, 4.69) is 22.2 Å². The Bertz CT molecular complexity index is 597. The van der Waals surface area contributed by atoms with Gasteiger partial charge in [0, 0.05) is 23.7 Å². The number of rotatable bonds is 6. The molecule has 0 unspecified atom stereocenters. The summed E-state index contributed by atoms with van der Waals surface area (Å²) in [6.07, 6.45) is 6.63. The summed E-state index contributed by atoms with van der Waals surface area (Å²) in [5, 5.41) is 3.76. The van der Waals surface area contributed by atoms with Gasteiger partial charge in [0.25, 0.3) is 0 Å². The van der Waals surface area contributed by atoms with Crippen LogP contribution in [0.25, 0.3) is 10.9 Å². The number of hydrogen-bond donors (Lipinski definition) is 2. The molecule has 1 amide bonds. The molecule has 0 fully saturated rings. The number of benzene rings is 1. The molecule has 0 aliphatic rings. The van der Waals surface area contributed by atoms with E-state index in [-0.39, 0.29) is 11.9 Å². The van der Waals surface area contributed by atoms with Crippen LogP contribution in [-0.4, -0.2) is 15.9 Å². The highest BCUT2D eigenvalue weighted by molar-refractivity contribution is 5.93. The molecule has 0 spiro atoms. The maximum atomic E-state index is 11.8. The molecule has 0 saturated heterocycles. The van der Waals surface area contributed by atoms with Gasteiger partial charge < -0.3 is 11.1 Å². The fourth-order valence-corrected chi connectivity index (χ4v) is 2.06. The Morgan fingerprint density at radius 1 is 1.30 bits per heavy atom. The van der Waals surface area contributed by atoms with Gasteiger partial charge in [0.1, 0.15) is 0 Å². The summed E-state index contributed by atoms with van der Waals surface area (Å²) in [6, 6.07) is 5.53. The molecule has 1 aromatic carbocycles. The maximum absolute atomic E-state index is 11.8. The van der Waals surface area contributed by atoms with E-state index in [0.717, 1.165) is 29.4 Å². The molecule has 3 N–H and O–H groups in total. The zero-order valence-corrected chi connectivity index (χ0v) is 11.7. The maximum Gasteiger partial charge on any atom is 0.224 e. The predicted octanol–water partition coefficient (Wildman–Crippen LogP) is 3.12. The largest absolute Gasteiger partial charge is 0.368 e. The minimum atomic E-state index is 0.0526. The molecule has 106 valence electrons. The van der Waals surface area contributed by atoms with Crippen molar-refractivity contribution < 1.29 is 4.79 Å². The van der Waals surface area contributed by atoms with Gasteiger partial charge in [-0.05, 0) is 24.6 Å². The van der Waals surface area contributed by atoms with Crippen molar-refractivity contribution in [3.8, 4) is 0 Å². The van der Waals surface area contributed by atoms with Crippen molar-refractivity contribution in [1.82, 2.24) is 9.97 Å². The van der Waals surface area contributed by atoms with E-state index in [9.17, 15) is 4.79 Å². The topological polar surface area (TPSA) is 80.9 Å². The average Bonchev–Trinajstić information content (AvgIpc) is 2.44. The van der Waals surface area contributed by atoms with Crippen LogP contribution in [0, 0.1) is 0 Å². The molecule has 2 rings (SSSR count). The van der Waals surface area contributed by atoms with Crippen molar-refractivity contribution in [3.05, 3.63) is 24.4 Å². The van der Waals surface area contributed by atoms with Crippen LogP contribution in [0.3, 0.4) is 0 Å². The number of aromatic nitrogens is 2. The zero-order valence-electron chi connectivity index (χ0n) is 11.7. The van der Waals surface area contributed by atoms with Crippen LogP contribution in [-0.2, 0) is 4.79 Å². The van der Waals surface area contributed by atoms with Crippen LogP contribution in [0.1, 0.15) is 39.0 Å². The molecule has 1 heterocycles. The Hall–Kier alpha value is -2.17. The van der Waals surface area contributed by atoms with E-state index in [1.807, 2.05) is 18.2 Å². The number of fused-ring (bicyclic) bond motifs is 1. The Balaban J connectivity index is 1.96. The number of anilines is 2. The number of hydrogen-bond acceptors (Lipinski definition) is 4. The van der Waals surface area contributed by atoms with Gasteiger partial charge in [-0.15, -0.1) is 0 Å². The molecule has 0 aliphatic carbocycles. The zero-order chi connectivity index (χ0) is 14.4. The van der Waals surface area contributed by atoms with Gasteiger partial charge in [0.2, 0.25) is 11.9 Å². The van der Waals surface area contributed by atoms with E-state index in [4.69, 9.17) is 5.73 Å². The van der Waals surface area contributed by atoms with E-state index in [1.54, 1.807) is 6.20 Å². The highest BCUT2D eigenvalue weighted by Gasteiger charge is 2.04. The van der Waals surface area contributed by atoms with Crippen molar-refractivity contribution >= 4 is 28.4 Å².